The van der Waals surface area contributed by atoms with Crippen LogP contribution in [0.15, 0.2) is 12.2 Å². The summed E-state index contributed by atoms with van der Waals surface area (Å²) < 4.78 is 0. The van der Waals surface area contributed by atoms with Crippen molar-refractivity contribution in [2.75, 3.05) is 0 Å². The summed E-state index contributed by atoms with van der Waals surface area (Å²) in [7, 11) is 0. The van der Waals surface area contributed by atoms with E-state index in [4.69, 9.17) is 0 Å². The van der Waals surface area contributed by atoms with Crippen molar-refractivity contribution in [3.05, 3.63) is 12.2 Å². The van der Waals surface area contributed by atoms with Crippen molar-refractivity contribution >= 4 is 6.29 Å². The molecule has 0 bridgehead atoms. The van der Waals surface area contributed by atoms with Crippen LogP contribution in [0.5, 0.6) is 0 Å². The van der Waals surface area contributed by atoms with Crippen LogP contribution in [0, 0.1) is 22.7 Å². The van der Waals surface area contributed by atoms with Crippen LogP contribution in [-0.2, 0) is 4.79 Å². The summed E-state index contributed by atoms with van der Waals surface area (Å²) in [5.74, 6) is 1.23. The van der Waals surface area contributed by atoms with Gasteiger partial charge in [-0.3, -0.25) is 0 Å². The molecule has 1 heteroatoms. The van der Waals surface area contributed by atoms with Gasteiger partial charge in [-0.2, -0.15) is 0 Å². The summed E-state index contributed by atoms with van der Waals surface area (Å²) in [6, 6.07) is 0. The first-order chi connectivity index (χ1) is 7.74. The SMILES string of the molecule is C=C(C)CCC(C)(C=O)C1CCC(C)C1(C)C. The molecule has 98 valence electrons. The van der Waals surface area contributed by atoms with E-state index in [1.165, 1.54) is 24.7 Å². The van der Waals surface area contributed by atoms with Gasteiger partial charge in [0.15, 0.2) is 0 Å². The molecule has 1 saturated carbocycles. The van der Waals surface area contributed by atoms with Crippen molar-refractivity contribution in [1.82, 2.24) is 0 Å². The van der Waals surface area contributed by atoms with Gasteiger partial charge in [0.05, 0.1) is 0 Å². The van der Waals surface area contributed by atoms with Gasteiger partial charge in [-0.15, -0.1) is 6.58 Å². The van der Waals surface area contributed by atoms with E-state index in [9.17, 15) is 4.79 Å². The van der Waals surface area contributed by atoms with Crippen LogP contribution in [0.2, 0.25) is 0 Å². The summed E-state index contributed by atoms with van der Waals surface area (Å²) >= 11 is 0. The Morgan fingerprint density at radius 3 is 2.41 bits per heavy atom. The highest BCUT2D eigenvalue weighted by Crippen LogP contribution is 2.55. The van der Waals surface area contributed by atoms with Gasteiger partial charge in [-0.1, -0.05) is 33.3 Å². The molecule has 0 heterocycles. The highest BCUT2D eigenvalue weighted by Gasteiger charge is 2.49. The molecule has 1 aliphatic rings. The molecular weight excluding hydrogens is 208 g/mol. The largest absolute Gasteiger partial charge is 0.303 e. The second-order valence-electron chi connectivity index (χ2n) is 6.93. The van der Waals surface area contributed by atoms with E-state index >= 15 is 0 Å². The van der Waals surface area contributed by atoms with Crippen molar-refractivity contribution in [2.45, 2.75) is 60.3 Å². The summed E-state index contributed by atoms with van der Waals surface area (Å²) in [6.45, 7) is 15.1. The Morgan fingerprint density at radius 2 is 2.06 bits per heavy atom. The minimum atomic E-state index is -0.173. The van der Waals surface area contributed by atoms with Gasteiger partial charge >= 0.3 is 0 Å². The molecule has 1 nitrogen and oxygen atoms in total. The smallest absolute Gasteiger partial charge is 0.126 e. The predicted molar refractivity (Wildman–Crippen MR) is 73.9 cm³/mol. The lowest BCUT2D eigenvalue weighted by Crippen LogP contribution is -2.38. The predicted octanol–water partition coefficient (Wildman–Crippen LogP) is 4.62. The second kappa shape index (κ2) is 4.96. The molecule has 0 amide bonds. The maximum Gasteiger partial charge on any atom is 0.126 e. The standard InChI is InChI=1S/C16H28O/c1-12(2)9-10-16(6,11-17)14-8-7-13(3)15(14,4)5/h11,13-14H,1,7-10H2,2-6H3. The average Bonchev–Trinajstić information content (AvgIpc) is 2.51. The Bertz CT molecular complexity index is 303. The summed E-state index contributed by atoms with van der Waals surface area (Å²) in [5.41, 5.74) is 1.29. The zero-order valence-corrected chi connectivity index (χ0v) is 12.2. The van der Waals surface area contributed by atoms with Gasteiger partial charge in [0.2, 0.25) is 0 Å². The first-order valence-electron chi connectivity index (χ1n) is 6.84. The van der Waals surface area contributed by atoms with Gasteiger partial charge in [0, 0.05) is 5.41 Å². The molecule has 1 aliphatic carbocycles. The lowest BCUT2D eigenvalue weighted by Gasteiger charge is -2.41. The van der Waals surface area contributed by atoms with E-state index in [1.807, 2.05) is 6.92 Å². The molecule has 3 atom stereocenters. The molecule has 0 radical (unpaired) electrons. The van der Waals surface area contributed by atoms with E-state index < -0.39 is 0 Å². The van der Waals surface area contributed by atoms with E-state index in [1.54, 1.807) is 0 Å². The monoisotopic (exact) mass is 236 g/mol. The van der Waals surface area contributed by atoms with Crippen molar-refractivity contribution in [1.29, 1.82) is 0 Å². The first kappa shape index (κ1) is 14.5. The highest BCUT2D eigenvalue weighted by molar-refractivity contribution is 5.59. The van der Waals surface area contributed by atoms with Crippen molar-refractivity contribution in [3.63, 3.8) is 0 Å². The second-order valence-corrected chi connectivity index (χ2v) is 6.93. The van der Waals surface area contributed by atoms with Gasteiger partial charge in [0.25, 0.3) is 0 Å². The minimum Gasteiger partial charge on any atom is -0.303 e. The van der Waals surface area contributed by atoms with Crippen LogP contribution in [-0.4, -0.2) is 6.29 Å². The first-order valence-corrected chi connectivity index (χ1v) is 6.84. The molecule has 0 aliphatic heterocycles. The molecule has 0 aromatic carbocycles. The fraction of sp³-hybridized carbons (Fsp3) is 0.812. The minimum absolute atomic E-state index is 0.173. The Morgan fingerprint density at radius 1 is 1.47 bits per heavy atom. The van der Waals surface area contributed by atoms with E-state index in [0.717, 1.165) is 18.8 Å². The number of aldehydes is 1. The molecular formula is C16H28O. The van der Waals surface area contributed by atoms with Crippen LogP contribution in [0.4, 0.5) is 0 Å². The Kier molecular flexibility index (Phi) is 4.22. The van der Waals surface area contributed by atoms with E-state index in [0.29, 0.717) is 5.92 Å². The third-order valence-electron chi connectivity index (χ3n) is 5.21. The van der Waals surface area contributed by atoms with Crippen molar-refractivity contribution < 1.29 is 4.79 Å². The third-order valence-corrected chi connectivity index (χ3v) is 5.21. The summed E-state index contributed by atoms with van der Waals surface area (Å²) in [5, 5.41) is 0. The van der Waals surface area contributed by atoms with Gasteiger partial charge in [0.1, 0.15) is 6.29 Å². The van der Waals surface area contributed by atoms with Gasteiger partial charge < -0.3 is 4.79 Å². The Balaban J connectivity index is 2.86. The molecule has 3 unspecified atom stereocenters. The molecule has 0 spiro atoms. The fourth-order valence-corrected chi connectivity index (χ4v) is 3.48. The number of carbonyl (C=O) groups excluding carboxylic acids is 1. The zero-order chi connectivity index (χ0) is 13.3. The molecule has 17 heavy (non-hydrogen) atoms. The van der Waals surface area contributed by atoms with Gasteiger partial charge in [-0.05, 0) is 49.9 Å². The number of allylic oxidation sites excluding steroid dienone is 1. The van der Waals surface area contributed by atoms with E-state index in [-0.39, 0.29) is 10.8 Å². The quantitative estimate of drug-likeness (QED) is 0.503. The number of rotatable bonds is 5. The fourth-order valence-electron chi connectivity index (χ4n) is 3.48. The van der Waals surface area contributed by atoms with Gasteiger partial charge in [-0.25, -0.2) is 0 Å². The number of hydrogen-bond acceptors (Lipinski definition) is 1. The van der Waals surface area contributed by atoms with Crippen LogP contribution in [0.25, 0.3) is 0 Å². The van der Waals surface area contributed by atoms with Crippen LogP contribution >= 0.6 is 0 Å². The van der Waals surface area contributed by atoms with Crippen LogP contribution < -0.4 is 0 Å². The maximum atomic E-state index is 11.6. The zero-order valence-electron chi connectivity index (χ0n) is 12.2. The Labute approximate surface area is 107 Å². The third kappa shape index (κ3) is 2.81. The molecule has 1 fully saturated rings. The molecule has 0 aromatic heterocycles. The lowest BCUT2D eigenvalue weighted by molar-refractivity contribution is -0.121. The van der Waals surface area contributed by atoms with Crippen molar-refractivity contribution in [3.8, 4) is 0 Å². The molecule has 0 aromatic rings. The molecule has 0 N–H and O–H groups in total. The van der Waals surface area contributed by atoms with Crippen LogP contribution in [0.1, 0.15) is 60.3 Å². The molecule has 0 saturated heterocycles. The average molecular weight is 236 g/mol. The normalized spacial score (nSPS) is 30.9. The summed E-state index contributed by atoms with van der Waals surface area (Å²) in [6.07, 6.45) is 5.58. The Hall–Kier alpha value is -0.590. The van der Waals surface area contributed by atoms with Crippen molar-refractivity contribution in [2.24, 2.45) is 22.7 Å². The van der Waals surface area contributed by atoms with E-state index in [2.05, 4.69) is 34.3 Å². The summed E-state index contributed by atoms with van der Waals surface area (Å²) in [4.78, 5) is 11.6. The highest BCUT2D eigenvalue weighted by atomic mass is 16.1. The maximum absolute atomic E-state index is 11.6. The molecule has 1 rings (SSSR count). The van der Waals surface area contributed by atoms with Crippen LogP contribution in [0.3, 0.4) is 0 Å². The topological polar surface area (TPSA) is 17.1 Å². The number of hydrogen-bond donors (Lipinski definition) is 0. The lowest BCUT2D eigenvalue weighted by atomic mass is 9.62. The number of carbonyl (C=O) groups is 1.